The van der Waals surface area contributed by atoms with E-state index in [0.717, 1.165) is 5.56 Å². The van der Waals surface area contributed by atoms with Gasteiger partial charge in [-0.15, -0.1) is 0 Å². The Balaban J connectivity index is 0.00000195. The number of nitrogens with one attached hydrogen (secondary N) is 1. The third-order valence-corrected chi connectivity index (χ3v) is 7.63. The molecule has 1 aromatic carbocycles. The molecule has 1 aromatic heterocycles. The van der Waals surface area contributed by atoms with Gasteiger partial charge in [0.15, 0.2) is 11.1 Å². The maximum atomic E-state index is 15.4. The molecule has 3 unspecified atom stereocenters. The van der Waals surface area contributed by atoms with Crippen LogP contribution in [0.4, 0.5) is 4.39 Å². The van der Waals surface area contributed by atoms with Gasteiger partial charge in [-0.1, -0.05) is 55.4 Å². The lowest BCUT2D eigenvalue weighted by molar-refractivity contribution is -0.0221. The Labute approximate surface area is 229 Å². The van der Waals surface area contributed by atoms with Crippen molar-refractivity contribution >= 4 is 27.1 Å². The van der Waals surface area contributed by atoms with Crippen molar-refractivity contribution < 1.29 is 27.5 Å². The molecule has 1 saturated heterocycles. The topological polar surface area (TPSA) is 91.8 Å². The third-order valence-electron chi connectivity index (χ3n) is 6.29. The van der Waals surface area contributed by atoms with Crippen LogP contribution in [0.15, 0.2) is 17.1 Å². The molecule has 11 heteroatoms. The second kappa shape index (κ2) is 12.0. The monoisotopic (exact) mass is 568 g/mol. The molecule has 0 spiro atoms. The standard InChI is InChI=1S/C25H32FN2O6PS.C2H6/c1-24(2,3)17-9-18(25(4,5)6)21-16(20(17)26)13-32-35(34-21)31-12-15-7-8-19(33-15)28-10-14(11-29)22(30)27-23(28)36;1-2/h9-11,15,19H,7-8,12-13H2,1-6H3,(H,27,30,36);1-2H3. The first-order chi connectivity index (χ1) is 17.8. The van der Waals surface area contributed by atoms with Gasteiger partial charge < -0.3 is 9.26 Å². The maximum Gasteiger partial charge on any atom is 0.397 e. The molecule has 0 radical (unpaired) electrons. The molecule has 1 fully saturated rings. The van der Waals surface area contributed by atoms with Crippen molar-refractivity contribution in [3.05, 3.63) is 55.5 Å². The van der Waals surface area contributed by atoms with Crippen LogP contribution in [0.5, 0.6) is 5.75 Å². The van der Waals surface area contributed by atoms with Crippen molar-refractivity contribution in [1.82, 2.24) is 9.55 Å². The van der Waals surface area contributed by atoms with Gasteiger partial charge in [-0.2, -0.15) is 0 Å². The van der Waals surface area contributed by atoms with Crippen molar-refractivity contribution in [3.63, 3.8) is 0 Å². The number of hydrogen-bond acceptors (Lipinski definition) is 7. The molecule has 0 amide bonds. The summed E-state index contributed by atoms with van der Waals surface area (Å²) < 4.78 is 41.0. The second-order valence-electron chi connectivity index (χ2n) is 11.1. The van der Waals surface area contributed by atoms with Crippen LogP contribution in [0.25, 0.3) is 0 Å². The van der Waals surface area contributed by atoms with Crippen LogP contribution in [-0.2, 0) is 31.2 Å². The van der Waals surface area contributed by atoms with E-state index in [1.807, 2.05) is 40.7 Å². The molecule has 8 nitrogen and oxygen atoms in total. The zero-order valence-corrected chi connectivity index (χ0v) is 25.1. The van der Waals surface area contributed by atoms with Crippen molar-refractivity contribution in [2.24, 2.45) is 0 Å². The highest BCUT2D eigenvalue weighted by molar-refractivity contribution is 7.71. The molecule has 210 valence electrons. The molecule has 2 aliphatic rings. The summed E-state index contributed by atoms with van der Waals surface area (Å²) in [7, 11) is -1.74. The zero-order valence-electron chi connectivity index (χ0n) is 23.3. The molecule has 1 N–H and O–H groups in total. The molecule has 0 aliphatic carbocycles. The zero-order chi connectivity index (χ0) is 28.4. The number of carbonyl (C=O) groups is 1. The smallest absolute Gasteiger partial charge is 0.397 e. The largest absolute Gasteiger partial charge is 0.426 e. The van der Waals surface area contributed by atoms with Gasteiger partial charge in [0.25, 0.3) is 5.56 Å². The van der Waals surface area contributed by atoms with Crippen LogP contribution in [0, 0.1) is 10.6 Å². The van der Waals surface area contributed by atoms with Crippen LogP contribution >= 0.6 is 20.8 Å². The van der Waals surface area contributed by atoms with Gasteiger partial charge in [-0.3, -0.25) is 28.2 Å². The molecular formula is C27H38FN2O6PS. The van der Waals surface area contributed by atoms with Gasteiger partial charge in [-0.05, 0) is 47.5 Å². The molecule has 4 rings (SSSR count). The minimum atomic E-state index is -1.74. The first-order valence-corrected chi connectivity index (χ1v) is 14.4. The number of aromatic amines is 1. The summed E-state index contributed by atoms with van der Waals surface area (Å²) in [5, 5.41) is 0. The van der Waals surface area contributed by atoms with E-state index in [1.54, 1.807) is 4.57 Å². The quantitative estimate of drug-likeness (QED) is 0.236. The highest BCUT2D eigenvalue weighted by Crippen LogP contribution is 2.52. The average Bonchev–Trinajstić information content (AvgIpc) is 3.31. The number of aldehydes is 1. The number of H-pyrrole nitrogens is 1. The normalized spacial score (nSPS) is 21.2. The summed E-state index contributed by atoms with van der Waals surface area (Å²) in [6, 6.07) is 1.90. The summed E-state index contributed by atoms with van der Waals surface area (Å²) >= 11 is 5.22. The number of nitrogens with zero attached hydrogens (tertiary/aromatic N) is 1. The Kier molecular flexibility index (Phi) is 9.69. The van der Waals surface area contributed by atoms with Crippen LogP contribution < -0.4 is 10.1 Å². The van der Waals surface area contributed by atoms with Gasteiger partial charge in [0.1, 0.15) is 17.8 Å². The van der Waals surface area contributed by atoms with Crippen LogP contribution in [0.2, 0.25) is 0 Å². The van der Waals surface area contributed by atoms with E-state index in [1.165, 1.54) is 6.20 Å². The number of carbonyl (C=O) groups excluding carboxylic acids is 1. The number of rotatable bonds is 5. The molecular weight excluding hydrogens is 530 g/mol. The van der Waals surface area contributed by atoms with E-state index in [2.05, 4.69) is 25.8 Å². The van der Waals surface area contributed by atoms with Crippen LogP contribution in [-0.4, -0.2) is 28.5 Å². The molecule has 2 aromatic rings. The van der Waals surface area contributed by atoms with Gasteiger partial charge >= 0.3 is 8.60 Å². The van der Waals surface area contributed by atoms with E-state index in [4.69, 9.17) is 30.5 Å². The fraction of sp³-hybridized carbons (Fsp3) is 0.593. The first-order valence-electron chi connectivity index (χ1n) is 12.9. The van der Waals surface area contributed by atoms with Gasteiger partial charge in [0.05, 0.1) is 30.4 Å². The summed E-state index contributed by atoms with van der Waals surface area (Å²) in [6.07, 6.45) is 2.51. The Morgan fingerprint density at radius 2 is 1.84 bits per heavy atom. The minimum absolute atomic E-state index is 0.0190. The van der Waals surface area contributed by atoms with Crippen molar-refractivity contribution in [3.8, 4) is 5.75 Å². The minimum Gasteiger partial charge on any atom is -0.426 e. The van der Waals surface area contributed by atoms with Crippen molar-refractivity contribution in [2.75, 3.05) is 6.61 Å². The fourth-order valence-electron chi connectivity index (χ4n) is 4.27. The molecule has 38 heavy (non-hydrogen) atoms. The van der Waals surface area contributed by atoms with Gasteiger partial charge in [-0.25, -0.2) is 4.39 Å². The van der Waals surface area contributed by atoms with Gasteiger partial charge in [0.2, 0.25) is 0 Å². The SMILES string of the molecule is CC.CC(C)(C)c1cc(C(C)(C)C)c2c(c1F)COP(OCC1CCC(n3cc(C=O)c(=O)[nH]c3=S)O1)O2. The predicted molar refractivity (Wildman–Crippen MR) is 148 cm³/mol. The Hall–Kier alpha value is -1.97. The summed E-state index contributed by atoms with van der Waals surface area (Å²) in [5.41, 5.74) is 0.788. The molecule has 3 atom stereocenters. The molecule has 0 saturated carbocycles. The van der Waals surface area contributed by atoms with Gasteiger partial charge in [0, 0.05) is 11.8 Å². The second-order valence-corrected chi connectivity index (χ2v) is 12.7. The Morgan fingerprint density at radius 3 is 2.45 bits per heavy atom. The Bertz CT molecular complexity index is 1280. The summed E-state index contributed by atoms with van der Waals surface area (Å²) in [6.45, 7) is 16.4. The van der Waals surface area contributed by atoms with E-state index in [0.29, 0.717) is 36.0 Å². The lowest BCUT2D eigenvalue weighted by Gasteiger charge is -2.33. The van der Waals surface area contributed by atoms with Crippen molar-refractivity contribution in [2.45, 2.75) is 98.0 Å². The lowest BCUT2D eigenvalue weighted by Crippen LogP contribution is -2.24. The average molecular weight is 569 g/mol. The summed E-state index contributed by atoms with van der Waals surface area (Å²) in [4.78, 5) is 25.4. The fourth-order valence-corrected chi connectivity index (χ4v) is 5.60. The predicted octanol–water partition coefficient (Wildman–Crippen LogP) is 7.01. The number of benzene rings is 1. The highest BCUT2D eigenvalue weighted by Gasteiger charge is 2.36. The molecule has 0 bridgehead atoms. The maximum absolute atomic E-state index is 15.4. The Morgan fingerprint density at radius 1 is 1.18 bits per heavy atom. The van der Waals surface area contributed by atoms with E-state index in [9.17, 15) is 9.59 Å². The number of hydrogen-bond donors (Lipinski definition) is 1. The third kappa shape index (κ3) is 6.59. The van der Waals surface area contributed by atoms with Crippen LogP contribution in [0.3, 0.4) is 0 Å². The lowest BCUT2D eigenvalue weighted by atomic mass is 9.78. The molecule has 3 heterocycles. The van der Waals surface area contributed by atoms with E-state index in [-0.39, 0.29) is 46.3 Å². The summed E-state index contributed by atoms with van der Waals surface area (Å²) in [5.74, 6) is 0.200. The van der Waals surface area contributed by atoms with Crippen LogP contribution in [0.1, 0.15) is 102 Å². The highest BCUT2D eigenvalue weighted by atomic mass is 32.1. The number of fused-ring (bicyclic) bond motifs is 1. The molecule has 2 aliphatic heterocycles. The van der Waals surface area contributed by atoms with E-state index >= 15 is 4.39 Å². The van der Waals surface area contributed by atoms with E-state index < -0.39 is 20.4 Å². The van der Waals surface area contributed by atoms with Crippen molar-refractivity contribution in [1.29, 1.82) is 0 Å². The number of halogens is 1. The number of ether oxygens (including phenoxy) is 1. The number of aromatic nitrogens is 2. The first kappa shape index (κ1) is 30.6.